The number of halogens is 2. The fourth-order valence-corrected chi connectivity index (χ4v) is 4.64. The zero-order valence-corrected chi connectivity index (χ0v) is 20.9. The summed E-state index contributed by atoms with van der Waals surface area (Å²) < 4.78 is 5.67. The Balaban J connectivity index is 0.000000392. The molecule has 1 atom stereocenters. The van der Waals surface area contributed by atoms with Crippen molar-refractivity contribution in [3.63, 3.8) is 0 Å². The predicted molar refractivity (Wildman–Crippen MR) is 133 cm³/mol. The van der Waals surface area contributed by atoms with E-state index >= 15 is 0 Å². The maximum Gasteiger partial charge on any atom is 0.328 e. The Labute approximate surface area is 217 Å². The molecule has 1 saturated heterocycles. The Morgan fingerprint density at radius 3 is 2.25 bits per heavy atom. The van der Waals surface area contributed by atoms with Crippen molar-refractivity contribution in [2.24, 2.45) is 0 Å². The molecule has 2 aliphatic heterocycles. The molecule has 4 rings (SSSR count). The molecule has 36 heavy (non-hydrogen) atoms. The highest BCUT2D eigenvalue weighted by molar-refractivity contribution is 6.42. The van der Waals surface area contributed by atoms with Crippen LogP contribution in [0.1, 0.15) is 46.3 Å². The lowest BCUT2D eigenvalue weighted by Crippen LogP contribution is -2.45. The van der Waals surface area contributed by atoms with Crippen LogP contribution in [-0.4, -0.2) is 70.3 Å². The fourth-order valence-electron chi connectivity index (χ4n) is 4.32. The van der Waals surface area contributed by atoms with Gasteiger partial charge in [-0.05, 0) is 49.7 Å². The van der Waals surface area contributed by atoms with Crippen LogP contribution in [0.3, 0.4) is 0 Å². The lowest BCUT2D eigenvalue weighted by Gasteiger charge is -2.37. The first-order valence-electron chi connectivity index (χ1n) is 11.4. The second kappa shape index (κ2) is 12.7. The van der Waals surface area contributed by atoms with Crippen molar-refractivity contribution in [2.75, 3.05) is 26.2 Å². The monoisotopic (exact) mass is 536 g/mol. The van der Waals surface area contributed by atoms with E-state index in [-0.39, 0.29) is 18.4 Å². The molecule has 1 unspecified atom stereocenters. The summed E-state index contributed by atoms with van der Waals surface area (Å²) in [7, 11) is 0. The number of benzene rings is 1. The second-order valence-electron chi connectivity index (χ2n) is 8.44. The minimum absolute atomic E-state index is 0.0436. The summed E-state index contributed by atoms with van der Waals surface area (Å²) in [5.74, 6) is -1.32. The highest BCUT2D eigenvalue weighted by Gasteiger charge is 2.35. The van der Waals surface area contributed by atoms with Crippen LogP contribution >= 0.6 is 23.2 Å². The molecule has 1 aromatic carbocycles. The standard InChI is InChI=1S/C21H22Cl2N2O3.C4H4O4/c22-17-4-3-14(9-18(17)23)10-21(27)25-8-5-20-16(11-15(13-26)28-20)19(25)12-24-6-1-2-7-24;5-3(6)1-2-4(7)8/h3-4,9,11,13,19H,1-2,5-8,10,12H2;1-2H,(H,5,6)(H,7,8)/b;2-1+. The SMILES string of the molecule is O=C(O)/C=C/C(=O)O.O=Cc1cc2c(o1)CCN(C(=O)Cc1ccc(Cl)c(Cl)c1)C2CN1CCCC1. The third-order valence-electron chi connectivity index (χ3n) is 5.95. The number of hydrogen-bond donors (Lipinski definition) is 2. The average molecular weight is 537 g/mol. The number of carboxylic acid groups (broad SMARTS) is 2. The van der Waals surface area contributed by atoms with Gasteiger partial charge >= 0.3 is 11.9 Å². The molecular weight excluding hydrogens is 511 g/mol. The molecule has 1 aromatic heterocycles. The molecule has 0 saturated carbocycles. The van der Waals surface area contributed by atoms with E-state index in [0.717, 1.165) is 42.8 Å². The Kier molecular flexibility index (Phi) is 9.69. The highest BCUT2D eigenvalue weighted by Crippen LogP contribution is 2.34. The van der Waals surface area contributed by atoms with Crippen LogP contribution in [0.15, 0.2) is 40.8 Å². The van der Waals surface area contributed by atoms with Crippen LogP contribution in [0.2, 0.25) is 10.0 Å². The van der Waals surface area contributed by atoms with E-state index in [4.69, 9.17) is 37.8 Å². The van der Waals surface area contributed by atoms with Crippen molar-refractivity contribution in [3.8, 4) is 0 Å². The normalized spacial score (nSPS) is 17.4. The Morgan fingerprint density at radius 1 is 1.00 bits per heavy atom. The van der Waals surface area contributed by atoms with E-state index in [9.17, 15) is 19.2 Å². The number of hydrogen-bond acceptors (Lipinski definition) is 6. The topological polar surface area (TPSA) is 128 Å². The molecule has 2 aliphatic rings. The second-order valence-corrected chi connectivity index (χ2v) is 9.26. The van der Waals surface area contributed by atoms with Crippen LogP contribution < -0.4 is 0 Å². The summed E-state index contributed by atoms with van der Waals surface area (Å²) in [6.07, 6.45) is 5.09. The van der Waals surface area contributed by atoms with Gasteiger partial charge in [-0.2, -0.15) is 0 Å². The molecule has 2 N–H and O–H groups in total. The van der Waals surface area contributed by atoms with E-state index < -0.39 is 11.9 Å². The molecule has 1 fully saturated rings. The van der Waals surface area contributed by atoms with Crippen LogP contribution in [0.5, 0.6) is 0 Å². The first-order chi connectivity index (χ1) is 17.2. The minimum atomic E-state index is -1.26. The van der Waals surface area contributed by atoms with E-state index in [2.05, 4.69) is 4.90 Å². The van der Waals surface area contributed by atoms with Gasteiger partial charge in [0.15, 0.2) is 12.0 Å². The number of rotatable bonds is 7. The smallest absolute Gasteiger partial charge is 0.328 e. The number of carboxylic acids is 2. The molecule has 3 heterocycles. The maximum absolute atomic E-state index is 13.2. The summed E-state index contributed by atoms with van der Waals surface area (Å²) in [5, 5.41) is 16.6. The van der Waals surface area contributed by atoms with Gasteiger partial charge < -0.3 is 24.4 Å². The molecule has 0 bridgehead atoms. The summed E-state index contributed by atoms with van der Waals surface area (Å²) in [5.41, 5.74) is 1.80. The number of aliphatic carboxylic acids is 2. The van der Waals surface area contributed by atoms with Gasteiger partial charge in [0.05, 0.1) is 22.5 Å². The Morgan fingerprint density at radius 2 is 1.67 bits per heavy atom. The van der Waals surface area contributed by atoms with Crippen LogP contribution in [0.25, 0.3) is 0 Å². The summed E-state index contributed by atoms with van der Waals surface area (Å²) in [6.45, 7) is 3.42. The van der Waals surface area contributed by atoms with Gasteiger partial charge in [-0.25, -0.2) is 9.59 Å². The number of carbonyl (C=O) groups is 4. The van der Waals surface area contributed by atoms with Crippen molar-refractivity contribution in [3.05, 3.63) is 69.1 Å². The van der Waals surface area contributed by atoms with Gasteiger partial charge in [-0.15, -0.1) is 0 Å². The molecule has 9 nitrogen and oxygen atoms in total. The molecule has 0 aliphatic carbocycles. The number of aldehydes is 1. The first-order valence-corrected chi connectivity index (χ1v) is 12.1. The zero-order chi connectivity index (χ0) is 26.2. The van der Waals surface area contributed by atoms with Gasteiger partial charge in [-0.3, -0.25) is 9.59 Å². The number of fused-ring (bicyclic) bond motifs is 1. The quantitative estimate of drug-likeness (QED) is 0.403. The van der Waals surface area contributed by atoms with Crippen molar-refractivity contribution < 1.29 is 33.8 Å². The molecule has 1 amide bonds. The van der Waals surface area contributed by atoms with Crippen molar-refractivity contribution in [1.29, 1.82) is 0 Å². The largest absolute Gasteiger partial charge is 0.478 e. The predicted octanol–water partition coefficient (Wildman–Crippen LogP) is 3.88. The number of carbonyl (C=O) groups excluding carboxylic acids is 2. The van der Waals surface area contributed by atoms with E-state index in [0.29, 0.717) is 40.9 Å². The van der Waals surface area contributed by atoms with Crippen LogP contribution in [-0.2, 0) is 27.2 Å². The third-order valence-corrected chi connectivity index (χ3v) is 6.69. The van der Waals surface area contributed by atoms with Gasteiger partial charge in [0.25, 0.3) is 0 Å². The Hall–Kier alpha value is -3.14. The van der Waals surface area contributed by atoms with Gasteiger partial charge in [0.1, 0.15) is 5.76 Å². The number of amides is 1. The first kappa shape index (κ1) is 27.4. The lowest BCUT2D eigenvalue weighted by atomic mass is 9.97. The minimum Gasteiger partial charge on any atom is -0.478 e. The van der Waals surface area contributed by atoms with Crippen molar-refractivity contribution >= 4 is 47.3 Å². The Bertz CT molecular complexity index is 1140. The number of likely N-dealkylation sites (tertiary alicyclic amines) is 1. The van der Waals surface area contributed by atoms with Gasteiger partial charge in [-0.1, -0.05) is 29.3 Å². The van der Waals surface area contributed by atoms with Gasteiger partial charge in [0.2, 0.25) is 5.91 Å². The van der Waals surface area contributed by atoms with Crippen molar-refractivity contribution in [1.82, 2.24) is 9.80 Å². The summed E-state index contributed by atoms with van der Waals surface area (Å²) in [6, 6.07) is 6.99. The van der Waals surface area contributed by atoms with E-state index in [1.165, 1.54) is 12.8 Å². The lowest BCUT2D eigenvalue weighted by molar-refractivity contribution is -0.134. The maximum atomic E-state index is 13.2. The molecule has 11 heteroatoms. The molecule has 0 radical (unpaired) electrons. The molecule has 2 aromatic rings. The number of nitrogens with zero attached hydrogens (tertiary/aromatic N) is 2. The van der Waals surface area contributed by atoms with Gasteiger partial charge in [0, 0.05) is 37.2 Å². The zero-order valence-electron chi connectivity index (χ0n) is 19.4. The van der Waals surface area contributed by atoms with Crippen LogP contribution in [0.4, 0.5) is 0 Å². The van der Waals surface area contributed by atoms with E-state index in [1.807, 2.05) is 11.0 Å². The summed E-state index contributed by atoms with van der Waals surface area (Å²) >= 11 is 12.1. The number of furan rings is 1. The fraction of sp³-hybridized carbons (Fsp3) is 0.360. The third kappa shape index (κ3) is 7.43. The molecule has 0 spiro atoms. The van der Waals surface area contributed by atoms with E-state index in [1.54, 1.807) is 18.2 Å². The average Bonchev–Trinajstić information content (AvgIpc) is 3.50. The summed E-state index contributed by atoms with van der Waals surface area (Å²) in [4.78, 5) is 47.8. The molecular formula is C25H26Cl2N2O7. The molecule has 192 valence electrons. The van der Waals surface area contributed by atoms with Crippen molar-refractivity contribution in [2.45, 2.75) is 31.7 Å². The highest BCUT2D eigenvalue weighted by atomic mass is 35.5. The van der Waals surface area contributed by atoms with Crippen LogP contribution in [0, 0.1) is 0 Å².